The van der Waals surface area contributed by atoms with Gasteiger partial charge in [-0.3, -0.25) is 9.69 Å². The summed E-state index contributed by atoms with van der Waals surface area (Å²) >= 11 is 0. The molecule has 178 valence electrons. The number of nitrogens with one attached hydrogen (secondary N) is 2. The van der Waals surface area contributed by atoms with Crippen molar-refractivity contribution in [2.75, 3.05) is 36.4 Å². The minimum Gasteiger partial charge on any atom is -0.381 e. The lowest BCUT2D eigenvalue weighted by Crippen LogP contribution is -2.45. The molecule has 4 aromatic rings. The van der Waals surface area contributed by atoms with Gasteiger partial charge < -0.3 is 15.2 Å². The highest BCUT2D eigenvalue weighted by Gasteiger charge is 2.17. The van der Waals surface area contributed by atoms with Crippen molar-refractivity contribution < 1.29 is 0 Å². The van der Waals surface area contributed by atoms with Crippen LogP contribution in [0.15, 0.2) is 77.6 Å². The van der Waals surface area contributed by atoms with Crippen LogP contribution in [-0.4, -0.2) is 36.1 Å². The number of nitrogens with zero attached hydrogens (tertiary/aromatic N) is 2. The molecule has 5 heteroatoms. The van der Waals surface area contributed by atoms with E-state index >= 15 is 0 Å². The number of aromatic nitrogens is 1. The Morgan fingerprint density at radius 1 is 0.829 bits per heavy atom. The molecule has 1 aliphatic carbocycles. The fraction of sp³-hybridized carbons (Fsp3) is 0.300. The number of anilines is 2. The number of hydrogen-bond donors (Lipinski definition) is 2. The van der Waals surface area contributed by atoms with Crippen LogP contribution in [0.2, 0.25) is 0 Å². The minimum absolute atomic E-state index is 0.00654. The number of aryl methyl sites for hydroxylation is 2. The molecule has 3 aromatic carbocycles. The summed E-state index contributed by atoms with van der Waals surface area (Å²) in [5.41, 5.74) is 8.20. The maximum absolute atomic E-state index is 12.7. The average molecular weight is 465 g/mol. The molecular formula is C30H32N4O. The molecule has 2 N–H and O–H groups in total. The molecule has 1 aromatic heterocycles. The molecule has 6 rings (SSSR count). The first-order chi connectivity index (χ1) is 17.2. The lowest BCUT2D eigenvalue weighted by atomic mass is 10.0. The SMILES string of the molecule is O=c1[nH]c2cc3c(cc2cc1CNc1ccc(N2CCN(Cc4ccccc4)CC2)cc1)CCC3. The summed E-state index contributed by atoms with van der Waals surface area (Å²) < 4.78 is 0. The van der Waals surface area contributed by atoms with E-state index in [1.54, 1.807) is 0 Å². The van der Waals surface area contributed by atoms with Gasteiger partial charge in [-0.25, -0.2) is 0 Å². The van der Waals surface area contributed by atoms with Crippen LogP contribution >= 0.6 is 0 Å². The highest BCUT2D eigenvalue weighted by atomic mass is 16.1. The van der Waals surface area contributed by atoms with Crippen molar-refractivity contribution in [3.05, 3.63) is 105 Å². The molecule has 1 saturated heterocycles. The topological polar surface area (TPSA) is 51.4 Å². The highest BCUT2D eigenvalue weighted by Crippen LogP contribution is 2.26. The fourth-order valence-electron chi connectivity index (χ4n) is 5.45. The molecule has 2 heterocycles. The van der Waals surface area contributed by atoms with Gasteiger partial charge in [0.15, 0.2) is 0 Å². The molecule has 1 fully saturated rings. The summed E-state index contributed by atoms with van der Waals surface area (Å²) in [4.78, 5) is 20.7. The molecule has 0 atom stereocenters. The molecule has 0 spiro atoms. The van der Waals surface area contributed by atoms with E-state index in [1.165, 1.54) is 28.8 Å². The second-order valence-electron chi connectivity index (χ2n) is 9.83. The molecule has 1 aliphatic heterocycles. The standard InChI is InChI=1S/C30H32N4O/c35-30-26(18-25-17-23-7-4-8-24(23)19-29(25)32-30)20-31-27-9-11-28(12-10-27)34-15-13-33(14-16-34)21-22-5-2-1-3-6-22/h1-3,5-6,9-12,17-19,31H,4,7-8,13-16,20-21H2,(H,32,35). The van der Waals surface area contributed by atoms with Crippen molar-refractivity contribution in [1.29, 1.82) is 0 Å². The van der Waals surface area contributed by atoms with Gasteiger partial charge in [0.25, 0.3) is 5.56 Å². The van der Waals surface area contributed by atoms with Gasteiger partial charge >= 0.3 is 0 Å². The maximum atomic E-state index is 12.7. The summed E-state index contributed by atoms with van der Waals surface area (Å²) in [5.74, 6) is 0. The van der Waals surface area contributed by atoms with Gasteiger partial charge in [-0.15, -0.1) is 0 Å². The number of pyridine rings is 1. The zero-order chi connectivity index (χ0) is 23.6. The molecule has 2 aliphatic rings. The van der Waals surface area contributed by atoms with Gasteiger partial charge in [0, 0.05) is 61.7 Å². The van der Waals surface area contributed by atoms with Crippen LogP contribution < -0.4 is 15.8 Å². The zero-order valence-corrected chi connectivity index (χ0v) is 20.1. The Hall–Kier alpha value is -3.57. The van der Waals surface area contributed by atoms with Crippen LogP contribution in [0, 0.1) is 0 Å². The second-order valence-corrected chi connectivity index (χ2v) is 9.83. The van der Waals surface area contributed by atoms with E-state index in [4.69, 9.17) is 0 Å². The van der Waals surface area contributed by atoms with Crippen molar-refractivity contribution >= 4 is 22.3 Å². The van der Waals surface area contributed by atoms with Crippen LogP contribution in [0.4, 0.5) is 11.4 Å². The normalized spacial score (nSPS) is 15.9. The maximum Gasteiger partial charge on any atom is 0.253 e. The predicted octanol–water partition coefficient (Wildman–Crippen LogP) is 4.95. The Morgan fingerprint density at radius 3 is 2.34 bits per heavy atom. The number of H-pyrrole nitrogens is 1. The lowest BCUT2D eigenvalue weighted by Gasteiger charge is -2.36. The van der Waals surface area contributed by atoms with Crippen molar-refractivity contribution in [2.45, 2.75) is 32.4 Å². The third-order valence-electron chi connectivity index (χ3n) is 7.47. The molecule has 0 radical (unpaired) electrons. The van der Waals surface area contributed by atoms with E-state index in [2.05, 4.69) is 86.8 Å². The minimum atomic E-state index is -0.00654. The predicted molar refractivity (Wildman–Crippen MR) is 144 cm³/mol. The zero-order valence-electron chi connectivity index (χ0n) is 20.1. The Bertz CT molecular complexity index is 1370. The van der Waals surface area contributed by atoms with Crippen molar-refractivity contribution in [3.8, 4) is 0 Å². The fourth-order valence-corrected chi connectivity index (χ4v) is 5.45. The van der Waals surface area contributed by atoms with Gasteiger partial charge in [-0.2, -0.15) is 0 Å². The van der Waals surface area contributed by atoms with Gasteiger partial charge in [0.1, 0.15) is 0 Å². The van der Waals surface area contributed by atoms with E-state index in [9.17, 15) is 4.79 Å². The number of fused-ring (bicyclic) bond motifs is 2. The quantitative estimate of drug-likeness (QED) is 0.424. The largest absolute Gasteiger partial charge is 0.381 e. The van der Waals surface area contributed by atoms with Crippen LogP contribution in [0.1, 0.15) is 28.7 Å². The number of piperazine rings is 1. The summed E-state index contributed by atoms with van der Waals surface area (Å²) in [6, 6.07) is 25.8. The summed E-state index contributed by atoms with van der Waals surface area (Å²) in [6.45, 7) is 5.75. The monoisotopic (exact) mass is 464 g/mol. The van der Waals surface area contributed by atoms with Crippen LogP contribution in [0.25, 0.3) is 10.9 Å². The average Bonchev–Trinajstić information content (AvgIpc) is 3.35. The first kappa shape index (κ1) is 21.9. The van der Waals surface area contributed by atoms with Crippen LogP contribution in [-0.2, 0) is 25.9 Å². The first-order valence-electron chi connectivity index (χ1n) is 12.7. The molecule has 35 heavy (non-hydrogen) atoms. The van der Waals surface area contributed by atoms with Crippen molar-refractivity contribution in [3.63, 3.8) is 0 Å². The van der Waals surface area contributed by atoms with Gasteiger partial charge in [-0.05, 0) is 83.8 Å². The molecule has 0 bridgehead atoms. The van der Waals surface area contributed by atoms with E-state index in [0.717, 1.165) is 67.7 Å². The van der Waals surface area contributed by atoms with Crippen molar-refractivity contribution in [1.82, 2.24) is 9.88 Å². The van der Waals surface area contributed by atoms with Crippen molar-refractivity contribution in [2.24, 2.45) is 0 Å². The molecule has 5 nitrogen and oxygen atoms in total. The van der Waals surface area contributed by atoms with E-state index in [1.807, 2.05) is 6.07 Å². The Balaban J connectivity index is 1.06. The third-order valence-corrected chi connectivity index (χ3v) is 7.47. The van der Waals surface area contributed by atoms with Crippen LogP contribution in [0.5, 0.6) is 0 Å². The smallest absolute Gasteiger partial charge is 0.253 e. The Labute approximate surface area is 206 Å². The van der Waals surface area contributed by atoms with E-state index in [-0.39, 0.29) is 5.56 Å². The number of aromatic amines is 1. The third kappa shape index (κ3) is 4.82. The second kappa shape index (κ2) is 9.59. The number of rotatable bonds is 6. The summed E-state index contributed by atoms with van der Waals surface area (Å²) in [5, 5.41) is 4.57. The summed E-state index contributed by atoms with van der Waals surface area (Å²) in [6.07, 6.45) is 3.48. The lowest BCUT2D eigenvalue weighted by molar-refractivity contribution is 0.250. The Morgan fingerprint density at radius 2 is 1.57 bits per heavy atom. The Kier molecular flexibility index (Phi) is 6.01. The highest BCUT2D eigenvalue weighted by molar-refractivity contribution is 5.81. The first-order valence-corrected chi connectivity index (χ1v) is 12.7. The van der Waals surface area contributed by atoms with E-state index in [0.29, 0.717) is 6.54 Å². The van der Waals surface area contributed by atoms with Gasteiger partial charge in [0.2, 0.25) is 0 Å². The van der Waals surface area contributed by atoms with Gasteiger partial charge in [0.05, 0.1) is 0 Å². The molecule has 0 saturated carbocycles. The molecule has 0 amide bonds. The molecule has 0 unspecified atom stereocenters. The van der Waals surface area contributed by atoms with Crippen LogP contribution in [0.3, 0.4) is 0 Å². The van der Waals surface area contributed by atoms with E-state index < -0.39 is 0 Å². The summed E-state index contributed by atoms with van der Waals surface area (Å²) in [7, 11) is 0. The molecular weight excluding hydrogens is 432 g/mol. The van der Waals surface area contributed by atoms with Gasteiger partial charge in [-0.1, -0.05) is 30.3 Å². The number of hydrogen-bond acceptors (Lipinski definition) is 4. The number of benzene rings is 3.